The molecule has 4 atom stereocenters. The van der Waals surface area contributed by atoms with Gasteiger partial charge < -0.3 is 15.2 Å². The third kappa shape index (κ3) is 4.77. The molecule has 0 aromatic heterocycles. The molecule has 0 amide bonds. The molecular weight excluding hydrogens is 378 g/mol. The SMILES string of the molecule is CC(O)CCN[C@H]1C[C@H]2CC[C@@H](C1)N2S(=O)(=O)c1ccc(OC(F)F)cc1. The summed E-state index contributed by atoms with van der Waals surface area (Å²) in [4.78, 5) is 0.0986. The third-order valence-corrected chi connectivity index (χ3v) is 7.30. The van der Waals surface area contributed by atoms with Gasteiger partial charge in [0.2, 0.25) is 10.0 Å². The second kappa shape index (κ2) is 8.38. The van der Waals surface area contributed by atoms with Gasteiger partial charge in [0, 0.05) is 18.1 Å². The van der Waals surface area contributed by atoms with Gasteiger partial charge in [-0.1, -0.05) is 0 Å². The van der Waals surface area contributed by atoms with Gasteiger partial charge >= 0.3 is 6.61 Å². The van der Waals surface area contributed by atoms with Crippen LogP contribution >= 0.6 is 0 Å². The molecule has 2 bridgehead atoms. The Morgan fingerprint density at radius 2 is 1.81 bits per heavy atom. The number of fused-ring (bicyclic) bond motifs is 2. The number of aliphatic hydroxyl groups excluding tert-OH is 1. The smallest absolute Gasteiger partial charge is 0.387 e. The summed E-state index contributed by atoms with van der Waals surface area (Å²) in [5.74, 6) is -0.0621. The average molecular weight is 404 g/mol. The van der Waals surface area contributed by atoms with E-state index in [-0.39, 0.29) is 34.9 Å². The quantitative estimate of drug-likeness (QED) is 0.695. The molecule has 0 aliphatic carbocycles. The third-order valence-electron chi connectivity index (χ3n) is 5.29. The molecule has 2 heterocycles. The molecule has 2 N–H and O–H groups in total. The molecule has 27 heavy (non-hydrogen) atoms. The number of ether oxygens (including phenoxy) is 1. The van der Waals surface area contributed by atoms with Crippen molar-refractivity contribution in [3.8, 4) is 5.75 Å². The molecule has 3 rings (SSSR count). The number of benzene rings is 1. The van der Waals surface area contributed by atoms with Gasteiger partial charge in [0.15, 0.2) is 0 Å². The normalized spacial score (nSPS) is 27.1. The van der Waals surface area contributed by atoms with Crippen LogP contribution in [0.15, 0.2) is 29.2 Å². The number of piperidine rings is 1. The Morgan fingerprint density at radius 1 is 1.22 bits per heavy atom. The molecule has 2 saturated heterocycles. The lowest BCUT2D eigenvalue weighted by molar-refractivity contribution is -0.0498. The van der Waals surface area contributed by atoms with Crippen molar-refractivity contribution in [3.05, 3.63) is 24.3 Å². The lowest BCUT2D eigenvalue weighted by Crippen LogP contribution is -2.51. The van der Waals surface area contributed by atoms with Crippen LogP contribution in [0.2, 0.25) is 0 Å². The summed E-state index contributed by atoms with van der Waals surface area (Å²) in [6.45, 7) is -0.484. The highest BCUT2D eigenvalue weighted by Gasteiger charge is 2.47. The maximum Gasteiger partial charge on any atom is 0.387 e. The van der Waals surface area contributed by atoms with Crippen LogP contribution in [0.25, 0.3) is 0 Å². The summed E-state index contributed by atoms with van der Waals surface area (Å²) in [7, 11) is -3.68. The first-order chi connectivity index (χ1) is 12.8. The zero-order valence-electron chi connectivity index (χ0n) is 15.2. The van der Waals surface area contributed by atoms with Gasteiger partial charge in [-0.25, -0.2) is 8.42 Å². The van der Waals surface area contributed by atoms with Gasteiger partial charge in [0.25, 0.3) is 0 Å². The minimum Gasteiger partial charge on any atom is -0.435 e. The number of halogens is 2. The molecule has 1 unspecified atom stereocenters. The number of aliphatic hydroxyl groups is 1. The predicted octanol–water partition coefficient (Wildman–Crippen LogP) is 2.33. The van der Waals surface area contributed by atoms with E-state index in [9.17, 15) is 22.3 Å². The fourth-order valence-electron chi connectivity index (χ4n) is 4.10. The van der Waals surface area contributed by atoms with Crippen molar-refractivity contribution in [2.75, 3.05) is 6.54 Å². The Balaban J connectivity index is 1.67. The summed E-state index contributed by atoms with van der Waals surface area (Å²) < 4.78 is 56.5. The average Bonchev–Trinajstić information content (AvgIpc) is 2.87. The molecule has 2 aliphatic rings. The monoisotopic (exact) mass is 404 g/mol. The minimum atomic E-state index is -3.68. The van der Waals surface area contributed by atoms with E-state index in [0.29, 0.717) is 13.0 Å². The molecule has 0 saturated carbocycles. The molecular formula is C18H26F2N2O4S. The fraction of sp³-hybridized carbons (Fsp3) is 0.667. The lowest BCUT2D eigenvalue weighted by Gasteiger charge is -2.38. The summed E-state index contributed by atoms with van der Waals surface area (Å²) in [6, 6.07) is 5.27. The van der Waals surface area contributed by atoms with Crippen LogP contribution in [0.5, 0.6) is 5.75 Å². The van der Waals surface area contributed by atoms with Crippen LogP contribution in [-0.4, -0.2) is 55.2 Å². The summed E-state index contributed by atoms with van der Waals surface area (Å²) in [5.41, 5.74) is 0. The summed E-state index contributed by atoms with van der Waals surface area (Å²) in [6.07, 6.45) is 3.44. The molecule has 152 valence electrons. The van der Waals surface area contributed by atoms with E-state index in [1.54, 1.807) is 11.2 Å². The summed E-state index contributed by atoms with van der Waals surface area (Å²) in [5, 5.41) is 12.8. The van der Waals surface area contributed by atoms with E-state index in [2.05, 4.69) is 10.1 Å². The maximum absolute atomic E-state index is 13.1. The Labute approximate surface area is 158 Å². The molecule has 2 aliphatic heterocycles. The standard InChI is InChI=1S/C18H26F2N2O4S/c1-12(23)8-9-21-13-10-14-2-3-15(11-13)22(14)27(24,25)17-6-4-16(5-7-17)26-18(19)20/h4-7,12-15,18,21,23H,2-3,8-11H2,1H3/t12?,13-,14+,15-. The van der Waals surface area contributed by atoms with E-state index in [1.165, 1.54) is 24.3 Å². The van der Waals surface area contributed by atoms with Gasteiger partial charge in [-0.2, -0.15) is 13.1 Å². The summed E-state index contributed by atoms with van der Waals surface area (Å²) >= 11 is 0. The number of sulfonamides is 1. The second-order valence-corrected chi connectivity index (χ2v) is 9.17. The number of nitrogens with zero attached hydrogens (tertiary/aromatic N) is 1. The molecule has 0 spiro atoms. The number of nitrogens with one attached hydrogen (secondary N) is 1. The van der Waals surface area contributed by atoms with Crippen molar-refractivity contribution < 1.29 is 27.0 Å². The van der Waals surface area contributed by atoms with Crippen molar-refractivity contribution in [1.29, 1.82) is 0 Å². The fourth-order valence-corrected chi connectivity index (χ4v) is 6.00. The molecule has 1 aromatic carbocycles. The lowest BCUT2D eigenvalue weighted by atomic mass is 9.99. The number of alkyl halides is 2. The van der Waals surface area contributed by atoms with Crippen LogP contribution in [0.1, 0.15) is 39.0 Å². The topological polar surface area (TPSA) is 78.9 Å². The van der Waals surface area contributed by atoms with Crippen molar-refractivity contribution in [1.82, 2.24) is 9.62 Å². The van der Waals surface area contributed by atoms with E-state index >= 15 is 0 Å². The van der Waals surface area contributed by atoms with E-state index in [0.717, 1.165) is 25.7 Å². The first-order valence-electron chi connectivity index (χ1n) is 9.27. The van der Waals surface area contributed by atoms with Gasteiger partial charge in [0.1, 0.15) is 5.75 Å². The number of rotatable bonds is 8. The van der Waals surface area contributed by atoms with Crippen molar-refractivity contribution >= 4 is 10.0 Å². The minimum absolute atomic E-state index is 0.0604. The second-order valence-electron chi connectivity index (χ2n) is 7.33. The Morgan fingerprint density at radius 3 is 2.33 bits per heavy atom. The highest BCUT2D eigenvalue weighted by atomic mass is 32.2. The maximum atomic E-state index is 13.1. The largest absolute Gasteiger partial charge is 0.435 e. The number of hydrogen-bond acceptors (Lipinski definition) is 5. The van der Waals surface area contributed by atoms with Gasteiger partial charge in [-0.15, -0.1) is 0 Å². The van der Waals surface area contributed by atoms with Crippen LogP contribution in [-0.2, 0) is 10.0 Å². The molecule has 2 fully saturated rings. The highest BCUT2D eigenvalue weighted by molar-refractivity contribution is 7.89. The van der Waals surface area contributed by atoms with Gasteiger partial charge in [-0.05, 0) is 69.8 Å². The van der Waals surface area contributed by atoms with Crippen molar-refractivity contribution in [2.45, 2.75) is 74.8 Å². The predicted molar refractivity (Wildman–Crippen MR) is 96.2 cm³/mol. The van der Waals surface area contributed by atoms with E-state index in [4.69, 9.17) is 0 Å². The molecule has 0 radical (unpaired) electrons. The number of hydrogen-bond donors (Lipinski definition) is 2. The van der Waals surface area contributed by atoms with E-state index < -0.39 is 16.6 Å². The van der Waals surface area contributed by atoms with Crippen LogP contribution in [0.4, 0.5) is 8.78 Å². The Hall–Kier alpha value is -1.29. The highest BCUT2D eigenvalue weighted by Crippen LogP contribution is 2.40. The zero-order valence-corrected chi connectivity index (χ0v) is 16.0. The first-order valence-corrected chi connectivity index (χ1v) is 10.7. The van der Waals surface area contributed by atoms with Crippen LogP contribution in [0, 0.1) is 0 Å². The zero-order chi connectivity index (χ0) is 19.6. The van der Waals surface area contributed by atoms with Crippen molar-refractivity contribution in [3.63, 3.8) is 0 Å². The van der Waals surface area contributed by atoms with Crippen LogP contribution in [0.3, 0.4) is 0 Å². The molecule has 9 heteroatoms. The Kier molecular flexibility index (Phi) is 6.35. The molecule has 1 aromatic rings. The molecule has 6 nitrogen and oxygen atoms in total. The van der Waals surface area contributed by atoms with Crippen molar-refractivity contribution in [2.24, 2.45) is 0 Å². The van der Waals surface area contributed by atoms with Gasteiger partial charge in [-0.3, -0.25) is 0 Å². The first kappa shape index (κ1) is 20.4. The Bertz CT molecular complexity index is 713. The van der Waals surface area contributed by atoms with Crippen LogP contribution < -0.4 is 10.1 Å². The van der Waals surface area contributed by atoms with E-state index in [1.807, 2.05) is 0 Å². The van der Waals surface area contributed by atoms with Gasteiger partial charge in [0.05, 0.1) is 11.0 Å².